The van der Waals surface area contributed by atoms with Crippen LogP contribution in [-0.4, -0.2) is 47.4 Å². The molecule has 0 spiro atoms. The van der Waals surface area contributed by atoms with Crippen LogP contribution >= 0.6 is 24.2 Å². The Balaban J connectivity index is 2.35. The number of esters is 1. The highest BCUT2D eigenvalue weighted by atomic mass is 35.5. The van der Waals surface area contributed by atoms with Crippen LogP contribution in [0.5, 0.6) is 0 Å². The van der Waals surface area contributed by atoms with Crippen LogP contribution in [0.3, 0.4) is 0 Å². The molecule has 0 saturated carbocycles. The van der Waals surface area contributed by atoms with Crippen molar-refractivity contribution in [3.8, 4) is 0 Å². The molecular weight excluding hydrogens is 338 g/mol. The number of benzene rings is 1. The Kier molecular flexibility index (Phi) is 6.10. The van der Waals surface area contributed by atoms with Gasteiger partial charge < -0.3 is 9.84 Å². The number of ether oxygens (including phenoxy) is 1. The number of carbonyl (C=O) groups excluding carboxylic acids is 1. The van der Waals surface area contributed by atoms with Gasteiger partial charge in [-0.15, -0.1) is 0 Å². The Morgan fingerprint density at radius 2 is 2.17 bits per heavy atom. The smallest absolute Gasteiger partial charge is 0.328 e. The molecule has 1 aromatic carbocycles. The summed E-state index contributed by atoms with van der Waals surface area (Å²) in [6.45, 7) is 0.918. The summed E-state index contributed by atoms with van der Waals surface area (Å²) >= 11 is 10.7. The first-order valence-corrected chi connectivity index (χ1v) is 8.01. The fraction of sp³-hybridized carbons (Fsp3) is 0.375. The molecule has 1 aliphatic heterocycles. The number of carboxylic acid groups (broad SMARTS) is 1. The molecule has 7 heteroatoms. The zero-order valence-corrected chi connectivity index (χ0v) is 14.3. The number of nitrogens with zero attached hydrogens (tertiary/aromatic N) is 1. The molecule has 1 aromatic rings. The highest BCUT2D eigenvalue weighted by Crippen LogP contribution is 2.33. The lowest BCUT2D eigenvalue weighted by molar-refractivity contribution is -0.147. The molecule has 1 heterocycles. The number of carboxylic acids is 1. The monoisotopic (exact) mass is 355 g/mol. The minimum atomic E-state index is -1.02. The van der Waals surface area contributed by atoms with Crippen LogP contribution in [0.15, 0.2) is 35.9 Å². The maximum absolute atomic E-state index is 12.3. The summed E-state index contributed by atoms with van der Waals surface area (Å²) in [6, 6.07) is 6.40. The normalized spacial score (nSPS) is 21.9. The van der Waals surface area contributed by atoms with Crippen LogP contribution in [0.2, 0.25) is 5.02 Å². The van der Waals surface area contributed by atoms with Gasteiger partial charge in [-0.25, -0.2) is 9.59 Å². The van der Waals surface area contributed by atoms with E-state index in [2.05, 4.69) is 12.6 Å². The Hall–Kier alpha value is -1.50. The molecule has 0 bridgehead atoms. The number of thiol groups is 1. The molecule has 1 aliphatic rings. The van der Waals surface area contributed by atoms with Crippen LogP contribution in [0.25, 0.3) is 0 Å². The second kappa shape index (κ2) is 7.86. The van der Waals surface area contributed by atoms with Gasteiger partial charge in [-0.05, 0) is 23.6 Å². The van der Waals surface area contributed by atoms with Gasteiger partial charge >= 0.3 is 11.9 Å². The molecular formula is C16H18ClNO4S. The first-order valence-electron chi connectivity index (χ1n) is 7.11. The topological polar surface area (TPSA) is 66.8 Å². The first kappa shape index (κ1) is 17.8. The number of piperidine rings is 1. The molecule has 0 amide bonds. The maximum atomic E-state index is 12.3. The summed E-state index contributed by atoms with van der Waals surface area (Å²) in [5, 5.41) is 9.32. The van der Waals surface area contributed by atoms with Crippen LogP contribution in [0.4, 0.5) is 0 Å². The van der Waals surface area contributed by atoms with Crippen molar-refractivity contribution in [3.05, 3.63) is 46.5 Å². The molecule has 2 rings (SSSR count). The molecule has 2 atom stereocenters. The third-order valence-corrected chi connectivity index (χ3v) is 4.74. The van der Waals surface area contributed by atoms with E-state index in [1.165, 1.54) is 7.11 Å². The Morgan fingerprint density at radius 3 is 2.78 bits per heavy atom. The van der Waals surface area contributed by atoms with Crippen molar-refractivity contribution in [2.45, 2.75) is 17.7 Å². The Bertz CT molecular complexity index is 634. The highest BCUT2D eigenvalue weighted by Gasteiger charge is 2.34. The molecule has 1 unspecified atom stereocenters. The number of methoxy groups -OCH3 is 1. The lowest BCUT2D eigenvalue weighted by Gasteiger charge is -2.36. The third kappa shape index (κ3) is 4.28. The van der Waals surface area contributed by atoms with Crippen molar-refractivity contribution in [3.63, 3.8) is 0 Å². The van der Waals surface area contributed by atoms with Gasteiger partial charge in [0.2, 0.25) is 0 Å². The average Bonchev–Trinajstić information content (AvgIpc) is 2.51. The third-order valence-electron chi connectivity index (χ3n) is 3.80. The Morgan fingerprint density at radius 1 is 1.48 bits per heavy atom. The van der Waals surface area contributed by atoms with E-state index in [1.807, 2.05) is 4.90 Å². The van der Waals surface area contributed by atoms with Crippen molar-refractivity contribution in [1.29, 1.82) is 0 Å². The molecule has 1 saturated heterocycles. The summed E-state index contributed by atoms with van der Waals surface area (Å²) in [7, 11) is 1.32. The van der Waals surface area contributed by atoms with E-state index < -0.39 is 18.0 Å². The van der Waals surface area contributed by atoms with Crippen LogP contribution in [0, 0.1) is 0 Å². The van der Waals surface area contributed by atoms with Gasteiger partial charge in [-0.3, -0.25) is 4.90 Å². The fourth-order valence-corrected chi connectivity index (χ4v) is 3.21. The van der Waals surface area contributed by atoms with Gasteiger partial charge in [0.15, 0.2) is 0 Å². The van der Waals surface area contributed by atoms with E-state index in [0.29, 0.717) is 35.7 Å². The lowest BCUT2D eigenvalue weighted by Crippen LogP contribution is -2.42. The molecule has 0 aromatic heterocycles. The quantitative estimate of drug-likeness (QED) is 0.493. The first-order chi connectivity index (χ1) is 10.9. The largest absolute Gasteiger partial charge is 0.478 e. The fourth-order valence-electron chi connectivity index (χ4n) is 2.69. The lowest BCUT2D eigenvalue weighted by atomic mass is 9.98. The van der Waals surface area contributed by atoms with Crippen molar-refractivity contribution < 1.29 is 19.4 Å². The van der Waals surface area contributed by atoms with Gasteiger partial charge in [0, 0.05) is 29.4 Å². The van der Waals surface area contributed by atoms with Gasteiger partial charge in [0.25, 0.3) is 0 Å². The van der Waals surface area contributed by atoms with E-state index >= 15 is 0 Å². The molecule has 1 fully saturated rings. The number of hydrogen-bond acceptors (Lipinski definition) is 5. The molecule has 1 N–H and O–H groups in total. The second-order valence-electron chi connectivity index (χ2n) is 5.28. The number of halogens is 1. The highest BCUT2D eigenvalue weighted by molar-refractivity contribution is 7.81. The van der Waals surface area contributed by atoms with Gasteiger partial charge in [-0.2, -0.15) is 12.6 Å². The standard InChI is InChI=1S/C16H18ClNO4S/c1-22-16(21)15(11-4-2-3-5-12(11)17)18-7-6-13(23)10(9-18)8-14(19)20/h2-5,8,13,15,23H,6-7,9H2,1H3,(H,19,20)/b10-8-/t13?,15-/m0/s1. The van der Waals surface area contributed by atoms with E-state index in [4.69, 9.17) is 21.4 Å². The molecule has 23 heavy (non-hydrogen) atoms. The van der Waals surface area contributed by atoms with Gasteiger partial charge in [0.1, 0.15) is 6.04 Å². The maximum Gasteiger partial charge on any atom is 0.328 e. The van der Waals surface area contributed by atoms with E-state index in [9.17, 15) is 9.59 Å². The van der Waals surface area contributed by atoms with Crippen LogP contribution < -0.4 is 0 Å². The van der Waals surface area contributed by atoms with E-state index in [0.717, 1.165) is 6.08 Å². The van der Waals surface area contributed by atoms with Crippen molar-refractivity contribution in [2.75, 3.05) is 20.2 Å². The summed E-state index contributed by atoms with van der Waals surface area (Å²) in [4.78, 5) is 25.1. The zero-order valence-electron chi connectivity index (χ0n) is 12.6. The average molecular weight is 356 g/mol. The van der Waals surface area contributed by atoms with Crippen molar-refractivity contribution >= 4 is 36.2 Å². The molecule has 0 aliphatic carbocycles. The molecule has 124 valence electrons. The number of hydrogen-bond donors (Lipinski definition) is 2. The minimum absolute atomic E-state index is 0.133. The molecule has 0 radical (unpaired) electrons. The van der Waals surface area contributed by atoms with Crippen molar-refractivity contribution in [2.24, 2.45) is 0 Å². The van der Waals surface area contributed by atoms with E-state index in [-0.39, 0.29) is 5.25 Å². The number of aliphatic carboxylic acids is 1. The second-order valence-corrected chi connectivity index (χ2v) is 6.31. The van der Waals surface area contributed by atoms with Crippen LogP contribution in [0.1, 0.15) is 18.0 Å². The number of rotatable bonds is 4. The van der Waals surface area contributed by atoms with Gasteiger partial charge in [0.05, 0.1) is 7.11 Å². The molecule has 5 nitrogen and oxygen atoms in total. The zero-order chi connectivity index (χ0) is 17.0. The number of carbonyl (C=O) groups is 2. The Labute approximate surface area is 145 Å². The minimum Gasteiger partial charge on any atom is -0.478 e. The van der Waals surface area contributed by atoms with Gasteiger partial charge in [-0.1, -0.05) is 29.8 Å². The summed E-state index contributed by atoms with van der Waals surface area (Å²) in [5.41, 5.74) is 1.31. The summed E-state index contributed by atoms with van der Waals surface area (Å²) in [5.74, 6) is -1.45. The van der Waals surface area contributed by atoms with E-state index in [1.54, 1.807) is 24.3 Å². The predicted molar refractivity (Wildman–Crippen MR) is 90.9 cm³/mol. The summed E-state index contributed by atoms with van der Waals surface area (Å²) < 4.78 is 4.92. The predicted octanol–water partition coefficient (Wildman–Crippen LogP) is 2.57. The van der Waals surface area contributed by atoms with Crippen molar-refractivity contribution in [1.82, 2.24) is 4.90 Å². The SMILES string of the molecule is COC(=O)[C@H](c1ccccc1Cl)N1CCC(S)/C(=C\C(=O)O)C1. The summed E-state index contributed by atoms with van der Waals surface area (Å²) in [6.07, 6.45) is 1.80. The van der Waals surface area contributed by atoms with Crippen LogP contribution in [-0.2, 0) is 14.3 Å². The number of likely N-dealkylation sites (tertiary alicyclic amines) is 1.